The van der Waals surface area contributed by atoms with E-state index < -0.39 is 0 Å². The summed E-state index contributed by atoms with van der Waals surface area (Å²) in [6.45, 7) is 13.9. The molecule has 0 aromatic carbocycles. The molecule has 1 aliphatic carbocycles. The summed E-state index contributed by atoms with van der Waals surface area (Å²) in [6, 6.07) is 0. The third-order valence-electron chi connectivity index (χ3n) is 5.16. The Bertz CT molecular complexity index is 438. The van der Waals surface area contributed by atoms with Gasteiger partial charge in [0.1, 0.15) is 0 Å². The lowest BCUT2D eigenvalue weighted by Gasteiger charge is -2.30. The molecule has 2 rings (SSSR count). The maximum atomic E-state index is 12.9. The smallest absolute Gasteiger partial charge is 0.226 e. The van der Waals surface area contributed by atoms with Crippen LogP contribution in [0.2, 0.25) is 0 Å². The van der Waals surface area contributed by atoms with Gasteiger partial charge in [-0.05, 0) is 25.2 Å². The molecule has 5 heteroatoms. The van der Waals surface area contributed by atoms with Gasteiger partial charge in [0.15, 0.2) is 0 Å². The number of carbonyl (C=O) groups is 1. The maximum absolute atomic E-state index is 12.9. The molecule has 0 aromatic heterocycles. The molecule has 1 heterocycles. The molecule has 0 bridgehead atoms. The van der Waals surface area contributed by atoms with Gasteiger partial charge in [-0.3, -0.25) is 9.69 Å². The number of rotatable bonds is 7. The van der Waals surface area contributed by atoms with E-state index in [9.17, 15) is 9.90 Å². The SMILES string of the molecule is CC(C)=CC1C(C(=O)N(CCO)CCN2CCOCC2)C1(C)C. The Balaban J connectivity index is 1.94. The Morgan fingerprint density at radius 3 is 2.52 bits per heavy atom. The number of aliphatic hydroxyl groups is 1. The topological polar surface area (TPSA) is 53.0 Å². The molecule has 2 atom stereocenters. The maximum Gasteiger partial charge on any atom is 0.226 e. The molecule has 23 heavy (non-hydrogen) atoms. The quantitative estimate of drug-likeness (QED) is 0.719. The van der Waals surface area contributed by atoms with Gasteiger partial charge in [-0.15, -0.1) is 0 Å². The van der Waals surface area contributed by atoms with Crippen molar-refractivity contribution in [1.82, 2.24) is 9.80 Å². The Hall–Kier alpha value is -0.910. The second-order valence-corrected chi connectivity index (χ2v) is 7.57. The predicted molar refractivity (Wildman–Crippen MR) is 91.1 cm³/mol. The lowest BCUT2D eigenvalue weighted by Crippen LogP contribution is -2.44. The lowest BCUT2D eigenvalue weighted by molar-refractivity contribution is -0.134. The van der Waals surface area contributed by atoms with Crippen molar-refractivity contribution in [2.24, 2.45) is 17.3 Å². The van der Waals surface area contributed by atoms with Crippen LogP contribution in [-0.4, -0.2) is 73.4 Å². The second-order valence-electron chi connectivity index (χ2n) is 7.57. The normalized spacial score (nSPS) is 26.7. The van der Waals surface area contributed by atoms with Gasteiger partial charge >= 0.3 is 0 Å². The van der Waals surface area contributed by atoms with Crippen molar-refractivity contribution in [3.63, 3.8) is 0 Å². The summed E-state index contributed by atoms with van der Waals surface area (Å²) in [5.41, 5.74) is 1.29. The number of aliphatic hydroxyl groups excluding tert-OH is 1. The lowest BCUT2D eigenvalue weighted by atomic mass is 10.1. The van der Waals surface area contributed by atoms with Crippen LogP contribution >= 0.6 is 0 Å². The Labute approximate surface area is 140 Å². The summed E-state index contributed by atoms with van der Waals surface area (Å²) in [4.78, 5) is 17.1. The minimum atomic E-state index is 0.0231. The number of allylic oxidation sites excluding steroid dienone is 2. The molecular weight excluding hydrogens is 292 g/mol. The summed E-state index contributed by atoms with van der Waals surface area (Å²) >= 11 is 0. The molecular formula is C18H32N2O3. The molecule has 1 saturated carbocycles. The summed E-state index contributed by atoms with van der Waals surface area (Å²) in [6.07, 6.45) is 2.22. The van der Waals surface area contributed by atoms with Crippen molar-refractivity contribution >= 4 is 5.91 Å². The van der Waals surface area contributed by atoms with Crippen molar-refractivity contribution in [3.05, 3.63) is 11.6 Å². The molecule has 0 spiro atoms. The Morgan fingerprint density at radius 2 is 1.96 bits per heavy atom. The molecule has 2 aliphatic rings. The molecule has 1 saturated heterocycles. The first-order chi connectivity index (χ1) is 10.9. The van der Waals surface area contributed by atoms with E-state index in [1.165, 1.54) is 5.57 Å². The van der Waals surface area contributed by atoms with E-state index in [4.69, 9.17) is 4.74 Å². The number of hydrogen-bond acceptors (Lipinski definition) is 4. The number of morpholine rings is 1. The van der Waals surface area contributed by atoms with E-state index in [0.717, 1.165) is 32.8 Å². The van der Waals surface area contributed by atoms with Crippen molar-refractivity contribution in [2.75, 3.05) is 52.5 Å². The molecule has 0 aromatic rings. The van der Waals surface area contributed by atoms with E-state index in [0.29, 0.717) is 19.0 Å². The highest BCUT2D eigenvalue weighted by Crippen LogP contribution is 2.60. The fourth-order valence-electron chi connectivity index (χ4n) is 3.56. The van der Waals surface area contributed by atoms with E-state index in [2.05, 4.69) is 38.7 Å². The number of nitrogens with zero attached hydrogens (tertiary/aromatic N) is 2. The summed E-state index contributed by atoms with van der Waals surface area (Å²) in [5.74, 6) is 0.568. The minimum absolute atomic E-state index is 0.0231. The number of amides is 1. The molecule has 5 nitrogen and oxygen atoms in total. The highest BCUT2D eigenvalue weighted by molar-refractivity contribution is 5.83. The third-order valence-corrected chi connectivity index (χ3v) is 5.16. The van der Waals surface area contributed by atoms with Crippen LogP contribution in [0.3, 0.4) is 0 Å². The first-order valence-corrected chi connectivity index (χ1v) is 8.72. The highest BCUT2D eigenvalue weighted by Gasteiger charge is 2.61. The molecule has 2 fully saturated rings. The average molecular weight is 324 g/mol. The van der Waals surface area contributed by atoms with Crippen LogP contribution in [0.5, 0.6) is 0 Å². The molecule has 0 radical (unpaired) electrons. The van der Waals surface area contributed by atoms with Gasteiger partial charge < -0.3 is 14.7 Å². The summed E-state index contributed by atoms with van der Waals surface area (Å²) in [5, 5.41) is 9.33. The molecule has 132 valence electrons. The fourth-order valence-corrected chi connectivity index (χ4v) is 3.56. The molecule has 1 amide bonds. The van der Waals surface area contributed by atoms with E-state index in [1.54, 1.807) is 0 Å². The van der Waals surface area contributed by atoms with Crippen LogP contribution in [0.25, 0.3) is 0 Å². The number of carbonyl (C=O) groups excluding carboxylic acids is 1. The minimum Gasteiger partial charge on any atom is -0.395 e. The van der Waals surface area contributed by atoms with Gasteiger partial charge in [0, 0.05) is 32.7 Å². The van der Waals surface area contributed by atoms with Crippen LogP contribution in [0.4, 0.5) is 0 Å². The molecule has 2 unspecified atom stereocenters. The largest absolute Gasteiger partial charge is 0.395 e. The van der Waals surface area contributed by atoms with Gasteiger partial charge in [-0.25, -0.2) is 0 Å². The zero-order valence-electron chi connectivity index (χ0n) is 15.0. The van der Waals surface area contributed by atoms with Crippen molar-refractivity contribution in [1.29, 1.82) is 0 Å². The zero-order chi connectivity index (χ0) is 17.0. The average Bonchev–Trinajstić information content (AvgIpc) is 3.03. The van der Waals surface area contributed by atoms with Crippen LogP contribution < -0.4 is 0 Å². The third kappa shape index (κ3) is 4.55. The van der Waals surface area contributed by atoms with Crippen LogP contribution in [0, 0.1) is 17.3 Å². The Morgan fingerprint density at radius 1 is 1.30 bits per heavy atom. The molecule has 1 aliphatic heterocycles. The van der Waals surface area contributed by atoms with Gasteiger partial charge in [0.2, 0.25) is 5.91 Å². The van der Waals surface area contributed by atoms with Crippen molar-refractivity contribution < 1.29 is 14.6 Å². The van der Waals surface area contributed by atoms with Gasteiger partial charge in [0.05, 0.1) is 25.7 Å². The first kappa shape index (κ1) is 18.4. The monoisotopic (exact) mass is 324 g/mol. The predicted octanol–water partition coefficient (Wildman–Crippen LogP) is 1.38. The van der Waals surface area contributed by atoms with Crippen molar-refractivity contribution in [3.8, 4) is 0 Å². The van der Waals surface area contributed by atoms with Crippen LogP contribution in [-0.2, 0) is 9.53 Å². The highest BCUT2D eigenvalue weighted by atomic mass is 16.5. The van der Waals surface area contributed by atoms with Gasteiger partial charge in [0.25, 0.3) is 0 Å². The van der Waals surface area contributed by atoms with Gasteiger partial charge in [-0.1, -0.05) is 25.5 Å². The summed E-state index contributed by atoms with van der Waals surface area (Å²) in [7, 11) is 0. The number of ether oxygens (including phenoxy) is 1. The van der Waals surface area contributed by atoms with E-state index >= 15 is 0 Å². The van der Waals surface area contributed by atoms with Crippen LogP contribution in [0.1, 0.15) is 27.7 Å². The van der Waals surface area contributed by atoms with E-state index in [-0.39, 0.29) is 23.8 Å². The van der Waals surface area contributed by atoms with E-state index in [1.807, 2.05) is 4.90 Å². The molecule has 1 N–H and O–H groups in total. The standard InChI is InChI=1S/C18H32N2O3/c1-14(2)13-15-16(18(15,3)4)17(22)20(7-10-21)6-5-19-8-11-23-12-9-19/h13,15-16,21H,5-12H2,1-4H3. The Kier molecular flexibility index (Phi) is 6.23. The zero-order valence-corrected chi connectivity index (χ0v) is 15.0. The van der Waals surface area contributed by atoms with Crippen LogP contribution in [0.15, 0.2) is 11.6 Å². The second kappa shape index (κ2) is 7.77. The summed E-state index contributed by atoms with van der Waals surface area (Å²) < 4.78 is 5.36. The fraction of sp³-hybridized carbons (Fsp3) is 0.833. The first-order valence-electron chi connectivity index (χ1n) is 8.72. The number of hydrogen-bond donors (Lipinski definition) is 1. The van der Waals surface area contributed by atoms with Gasteiger partial charge in [-0.2, -0.15) is 0 Å². The van der Waals surface area contributed by atoms with Crippen molar-refractivity contribution in [2.45, 2.75) is 27.7 Å².